The second kappa shape index (κ2) is 5.88. The van der Waals surface area contributed by atoms with Crippen LogP contribution in [0.2, 0.25) is 0 Å². The maximum absolute atomic E-state index is 12.5. The van der Waals surface area contributed by atoms with Crippen molar-refractivity contribution < 1.29 is 14.3 Å². The molecule has 0 fully saturated rings. The van der Waals surface area contributed by atoms with E-state index in [9.17, 15) is 4.79 Å². The van der Waals surface area contributed by atoms with E-state index < -0.39 is 11.1 Å². The number of nitrogens with zero attached hydrogens (tertiary/aromatic N) is 1. The summed E-state index contributed by atoms with van der Waals surface area (Å²) in [4.78, 5) is 17.1. The number of rotatable bonds is 4. The smallest absolute Gasteiger partial charge is 0.338 e. The van der Waals surface area contributed by atoms with E-state index in [1.165, 1.54) is 0 Å². The van der Waals surface area contributed by atoms with Gasteiger partial charge in [0.15, 0.2) is 5.54 Å². The zero-order chi connectivity index (χ0) is 15.5. The second-order valence-corrected chi connectivity index (χ2v) is 6.36. The molecule has 4 nitrogen and oxygen atoms in total. The predicted octanol–water partition coefficient (Wildman–Crippen LogP) is 3.34. The largest absolute Gasteiger partial charge is 0.474 e. The summed E-state index contributed by atoms with van der Waals surface area (Å²) in [5.41, 5.74) is -0.546. The fraction of sp³-hybridized carbons (Fsp3) is 0.529. The van der Waals surface area contributed by atoms with Crippen molar-refractivity contribution in [1.82, 2.24) is 0 Å². The van der Waals surface area contributed by atoms with Crippen molar-refractivity contribution in [3.63, 3.8) is 0 Å². The number of aliphatic imine (C=N–C) groups is 1. The van der Waals surface area contributed by atoms with Crippen molar-refractivity contribution in [3.05, 3.63) is 35.9 Å². The molecule has 0 saturated carbocycles. The molecule has 0 saturated heterocycles. The number of carbonyl (C=O) groups excluding carboxylic acids is 1. The topological polar surface area (TPSA) is 47.9 Å². The fourth-order valence-electron chi connectivity index (χ4n) is 2.30. The lowest BCUT2D eigenvalue weighted by molar-refractivity contribution is -0.162. The third-order valence-electron chi connectivity index (χ3n) is 3.23. The summed E-state index contributed by atoms with van der Waals surface area (Å²) in [5.74, 6) is 0.220. The molecule has 0 spiro atoms. The molecule has 0 radical (unpaired) electrons. The molecule has 0 N–H and O–H groups in total. The van der Waals surface area contributed by atoms with Crippen LogP contribution in [0, 0.1) is 0 Å². The number of ether oxygens (including phenoxy) is 2. The number of hydrogen-bond donors (Lipinski definition) is 0. The first-order valence-electron chi connectivity index (χ1n) is 7.38. The van der Waals surface area contributed by atoms with Crippen molar-refractivity contribution >= 4 is 11.9 Å². The van der Waals surface area contributed by atoms with Crippen molar-refractivity contribution in [2.24, 2.45) is 4.99 Å². The Bertz CT molecular complexity index is 531. The van der Waals surface area contributed by atoms with Gasteiger partial charge in [-0.3, -0.25) is 0 Å². The van der Waals surface area contributed by atoms with Gasteiger partial charge in [-0.1, -0.05) is 31.5 Å². The first kappa shape index (κ1) is 15.5. The van der Waals surface area contributed by atoms with Gasteiger partial charge in [-0.15, -0.1) is 0 Å². The highest BCUT2D eigenvalue weighted by Crippen LogP contribution is 2.29. The first-order valence-corrected chi connectivity index (χ1v) is 7.38. The average Bonchev–Trinajstić information content (AvgIpc) is 2.84. The maximum atomic E-state index is 12.5. The Morgan fingerprint density at radius 2 is 2.00 bits per heavy atom. The Balaban J connectivity index is 2.28. The fourth-order valence-corrected chi connectivity index (χ4v) is 2.30. The standard InChI is InChI=1S/C17H23NO3/c1-5-11-17(15(19)21-16(2,3)4)12-20-14(18-17)13-9-7-6-8-10-13/h6-10H,5,11-12H2,1-4H3/t17-/m1/s1. The van der Waals surface area contributed by atoms with Gasteiger partial charge in [0.25, 0.3) is 0 Å². The zero-order valence-corrected chi connectivity index (χ0v) is 13.2. The van der Waals surface area contributed by atoms with Crippen LogP contribution < -0.4 is 0 Å². The third-order valence-corrected chi connectivity index (χ3v) is 3.23. The molecular formula is C17H23NO3. The number of esters is 1. The average molecular weight is 289 g/mol. The van der Waals surface area contributed by atoms with Crippen LogP contribution in [0.1, 0.15) is 46.1 Å². The minimum Gasteiger partial charge on any atom is -0.474 e. The lowest BCUT2D eigenvalue weighted by Gasteiger charge is -2.27. The highest BCUT2D eigenvalue weighted by Gasteiger charge is 2.46. The zero-order valence-electron chi connectivity index (χ0n) is 13.2. The van der Waals surface area contributed by atoms with Gasteiger partial charge in [-0.05, 0) is 39.3 Å². The quantitative estimate of drug-likeness (QED) is 0.799. The number of benzene rings is 1. The minimum absolute atomic E-state index is 0.250. The molecule has 1 aromatic carbocycles. The monoisotopic (exact) mass is 289 g/mol. The van der Waals surface area contributed by atoms with Crippen LogP contribution in [0.4, 0.5) is 0 Å². The molecule has 0 aliphatic carbocycles. The first-order chi connectivity index (χ1) is 9.86. The molecule has 0 amide bonds. The van der Waals surface area contributed by atoms with Crippen LogP contribution in [-0.2, 0) is 14.3 Å². The molecule has 1 atom stereocenters. The second-order valence-electron chi connectivity index (χ2n) is 6.36. The van der Waals surface area contributed by atoms with Gasteiger partial charge in [0, 0.05) is 5.56 Å². The summed E-state index contributed by atoms with van der Waals surface area (Å²) in [6.07, 6.45) is 1.46. The van der Waals surface area contributed by atoms with E-state index in [1.54, 1.807) is 0 Å². The molecule has 0 aromatic heterocycles. The molecular weight excluding hydrogens is 266 g/mol. The molecule has 1 heterocycles. The Kier molecular flexibility index (Phi) is 4.35. The highest BCUT2D eigenvalue weighted by molar-refractivity contribution is 5.99. The SMILES string of the molecule is CCC[C@]1(C(=O)OC(C)(C)C)COC(c2ccccc2)=N1. The molecule has 0 unspecified atom stereocenters. The van der Waals surface area contributed by atoms with E-state index in [4.69, 9.17) is 9.47 Å². The molecule has 21 heavy (non-hydrogen) atoms. The van der Waals surface area contributed by atoms with Gasteiger partial charge < -0.3 is 9.47 Å². The summed E-state index contributed by atoms with van der Waals surface area (Å²) < 4.78 is 11.2. The van der Waals surface area contributed by atoms with E-state index >= 15 is 0 Å². The lowest BCUT2D eigenvalue weighted by atomic mass is 9.95. The lowest BCUT2D eigenvalue weighted by Crippen LogP contribution is -2.43. The van der Waals surface area contributed by atoms with Crippen LogP contribution in [0.25, 0.3) is 0 Å². The van der Waals surface area contributed by atoms with Gasteiger partial charge in [0.1, 0.15) is 12.2 Å². The van der Waals surface area contributed by atoms with E-state index in [1.807, 2.05) is 58.0 Å². The summed E-state index contributed by atoms with van der Waals surface area (Å²) in [7, 11) is 0. The number of hydrogen-bond acceptors (Lipinski definition) is 4. The molecule has 0 bridgehead atoms. The van der Waals surface area contributed by atoms with E-state index in [0.29, 0.717) is 12.3 Å². The third kappa shape index (κ3) is 3.63. The molecule has 1 aliphatic heterocycles. The van der Waals surface area contributed by atoms with Crippen molar-refractivity contribution in [2.45, 2.75) is 51.7 Å². The molecule has 114 valence electrons. The van der Waals surface area contributed by atoms with Gasteiger partial charge in [0.05, 0.1) is 0 Å². The summed E-state index contributed by atoms with van der Waals surface area (Å²) in [6, 6.07) is 9.64. The Morgan fingerprint density at radius 3 is 2.57 bits per heavy atom. The Morgan fingerprint density at radius 1 is 1.33 bits per heavy atom. The Labute approximate surface area is 126 Å². The maximum Gasteiger partial charge on any atom is 0.338 e. The van der Waals surface area contributed by atoms with Crippen LogP contribution >= 0.6 is 0 Å². The van der Waals surface area contributed by atoms with E-state index in [-0.39, 0.29) is 12.6 Å². The summed E-state index contributed by atoms with van der Waals surface area (Å²) in [6.45, 7) is 7.87. The minimum atomic E-state index is -0.910. The molecule has 2 rings (SSSR count). The summed E-state index contributed by atoms with van der Waals surface area (Å²) >= 11 is 0. The molecule has 1 aliphatic rings. The van der Waals surface area contributed by atoms with Gasteiger partial charge in [-0.25, -0.2) is 9.79 Å². The molecule has 1 aromatic rings. The van der Waals surface area contributed by atoms with Crippen molar-refractivity contribution in [3.8, 4) is 0 Å². The van der Waals surface area contributed by atoms with E-state index in [2.05, 4.69) is 4.99 Å². The normalized spacial score (nSPS) is 21.6. The van der Waals surface area contributed by atoms with Crippen LogP contribution in [0.3, 0.4) is 0 Å². The van der Waals surface area contributed by atoms with Crippen molar-refractivity contribution in [2.75, 3.05) is 6.61 Å². The van der Waals surface area contributed by atoms with Crippen LogP contribution in [0.15, 0.2) is 35.3 Å². The Hall–Kier alpha value is -1.84. The highest BCUT2D eigenvalue weighted by atomic mass is 16.6. The summed E-state index contributed by atoms with van der Waals surface area (Å²) in [5, 5.41) is 0. The van der Waals surface area contributed by atoms with Crippen LogP contribution in [0.5, 0.6) is 0 Å². The van der Waals surface area contributed by atoms with Gasteiger partial charge in [0.2, 0.25) is 5.90 Å². The van der Waals surface area contributed by atoms with Gasteiger partial charge >= 0.3 is 5.97 Å². The van der Waals surface area contributed by atoms with Gasteiger partial charge in [-0.2, -0.15) is 0 Å². The van der Waals surface area contributed by atoms with Crippen molar-refractivity contribution in [1.29, 1.82) is 0 Å². The van der Waals surface area contributed by atoms with E-state index in [0.717, 1.165) is 12.0 Å². The predicted molar refractivity (Wildman–Crippen MR) is 82.4 cm³/mol. The van der Waals surface area contributed by atoms with Crippen LogP contribution in [-0.4, -0.2) is 29.6 Å². The molecule has 4 heteroatoms. The number of carbonyl (C=O) groups is 1.